The van der Waals surface area contributed by atoms with Crippen LogP contribution in [0, 0.1) is 24.4 Å². The Morgan fingerprint density at radius 2 is 1.38 bits per heavy atom. The van der Waals surface area contributed by atoms with Gasteiger partial charge in [-0.3, -0.25) is 0 Å². The van der Waals surface area contributed by atoms with Crippen molar-refractivity contribution in [2.75, 3.05) is 0 Å². The van der Waals surface area contributed by atoms with Crippen molar-refractivity contribution in [2.24, 2.45) is 0 Å². The van der Waals surface area contributed by atoms with E-state index in [-0.39, 0.29) is 11.6 Å². The predicted molar refractivity (Wildman–Crippen MR) is 47.7 cm³/mol. The minimum atomic E-state index is -1.09. The zero-order valence-electron chi connectivity index (χ0n) is 8.08. The molecule has 4 nitrogen and oxygen atoms in total. The van der Waals surface area contributed by atoms with Gasteiger partial charge in [-0.15, -0.1) is 20.4 Å². The summed E-state index contributed by atoms with van der Waals surface area (Å²) in [5.74, 6) is -3.24. The molecule has 0 aliphatic heterocycles. The second kappa shape index (κ2) is 3.84. The average Bonchev–Trinajstić information content (AvgIpc) is 2.19. The lowest BCUT2D eigenvalue weighted by molar-refractivity contribution is 0.545. The van der Waals surface area contributed by atoms with Crippen LogP contribution in [0.2, 0.25) is 0 Å². The Balaban J connectivity index is 2.60. The van der Waals surface area contributed by atoms with E-state index in [0.717, 1.165) is 0 Å². The molecule has 1 aromatic heterocycles. The van der Waals surface area contributed by atoms with Crippen LogP contribution >= 0.6 is 0 Å². The van der Waals surface area contributed by atoms with Crippen LogP contribution in [-0.2, 0) is 0 Å². The van der Waals surface area contributed by atoms with Crippen molar-refractivity contribution in [1.29, 1.82) is 0 Å². The van der Waals surface area contributed by atoms with Gasteiger partial charge in [0.1, 0.15) is 17.5 Å². The van der Waals surface area contributed by atoms with Gasteiger partial charge in [0.2, 0.25) is 5.82 Å². The monoisotopic (exact) mass is 226 g/mol. The Hall–Kier alpha value is -2.05. The van der Waals surface area contributed by atoms with Gasteiger partial charge in [0, 0.05) is 12.1 Å². The number of nitrogens with zero attached hydrogens (tertiary/aromatic N) is 4. The van der Waals surface area contributed by atoms with Crippen LogP contribution in [0.3, 0.4) is 0 Å². The van der Waals surface area contributed by atoms with Gasteiger partial charge in [0.05, 0.1) is 5.56 Å². The summed E-state index contributed by atoms with van der Waals surface area (Å²) in [7, 11) is 0. The second-order valence-corrected chi connectivity index (χ2v) is 3.02. The Morgan fingerprint density at radius 3 is 1.88 bits per heavy atom. The fraction of sp³-hybridized carbons (Fsp3) is 0.111. The molecular weight excluding hydrogens is 221 g/mol. The maximum absolute atomic E-state index is 13.3. The Morgan fingerprint density at radius 1 is 0.875 bits per heavy atom. The Kier molecular flexibility index (Phi) is 2.51. The van der Waals surface area contributed by atoms with Crippen molar-refractivity contribution in [1.82, 2.24) is 20.4 Å². The number of aromatic nitrogens is 4. The molecule has 0 bridgehead atoms. The summed E-state index contributed by atoms with van der Waals surface area (Å²) < 4.78 is 39.2. The number of aryl methyl sites for hydroxylation is 1. The van der Waals surface area contributed by atoms with Crippen molar-refractivity contribution in [3.63, 3.8) is 0 Å². The van der Waals surface area contributed by atoms with Gasteiger partial charge >= 0.3 is 0 Å². The predicted octanol–water partition coefficient (Wildman–Crippen LogP) is 1.66. The fourth-order valence-electron chi connectivity index (χ4n) is 1.14. The van der Waals surface area contributed by atoms with Gasteiger partial charge < -0.3 is 0 Å². The van der Waals surface area contributed by atoms with Gasteiger partial charge in [0.25, 0.3) is 0 Å². The molecule has 0 aliphatic rings. The SMILES string of the molecule is Cc1nnc(-c2c(F)cc(F)cc2F)nn1. The zero-order valence-corrected chi connectivity index (χ0v) is 8.08. The highest BCUT2D eigenvalue weighted by molar-refractivity contribution is 5.55. The first-order valence-corrected chi connectivity index (χ1v) is 4.27. The molecule has 0 saturated heterocycles. The van der Waals surface area contributed by atoms with Gasteiger partial charge in [0.15, 0.2) is 5.82 Å². The summed E-state index contributed by atoms with van der Waals surface area (Å²) in [5, 5.41) is 14.0. The number of hydrogen-bond acceptors (Lipinski definition) is 4. The molecule has 0 spiro atoms. The molecular formula is C9H5F3N4. The van der Waals surface area contributed by atoms with Crippen molar-refractivity contribution in [2.45, 2.75) is 6.92 Å². The summed E-state index contributed by atoms with van der Waals surface area (Å²) in [6, 6.07) is 1.09. The number of rotatable bonds is 1. The van der Waals surface area contributed by atoms with E-state index < -0.39 is 23.0 Å². The molecule has 2 aromatic rings. The van der Waals surface area contributed by atoms with E-state index in [9.17, 15) is 13.2 Å². The normalized spacial score (nSPS) is 10.5. The van der Waals surface area contributed by atoms with Gasteiger partial charge in [-0.05, 0) is 6.92 Å². The number of benzene rings is 1. The molecule has 0 N–H and O–H groups in total. The first kappa shape index (κ1) is 10.5. The first-order chi connectivity index (χ1) is 7.58. The molecule has 0 amide bonds. The molecule has 16 heavy (non-hydrogen) atoms. The van der Waals surface area contributed by atoms with Crippen LogP contribution < -0.4 is 0 Å². The van der Waals surface area contributed by atoms with E-state index in [1.807, 2.05) is 0 Å². The Labute approximate surface area is 88.2 Å². The van der Waals surface area contributed by atoms with E-state index in [0.29, 0.717) is 12.1 Å². The van der Waals surface area contributed by atoms with E-state index in [1.54, 1.807) is 0 Å². The molecule has 0 saturated carbocycles. The summed E-state index contributed by atoms with van der Waals surface area (Å²) >= 11 is 0. The van der Waals surface area contributed by atoms with E-state index in [2.05, 4.69) is 20.4 Å². The molecule has 0 aliphatic carbocycles. The minimum Gasteiger partial charge on any atom is -0.207 e. The number of halogens is 3. The van der Waals surface area contributed by atoms with E-state index >= 15 is 0 Å². The third-order valence-electron chi connectivity index (χ3n) is 1.81. The standard InChI is InChI=1S/C9H5F3N4/c1-4-13-15-9(16-14-4)8-6(11)2-5(10)3-7(8)12/h2-3H,1H3. The highest BCUT2D eigenvalue weighted by Gasteiger charge is 2.16. The molecule has 1 aromatic carbocycles. The highest BCUT2D eigenvalue weighted by atomic mass is 19.1. The molecule has 1 heterocycles. The van der Waals surface area contributed by atoms with Crippen molar-refractivity contribution in [3.8, 4) is 11.4 Å². The van der Waals surface area contributed by atoms with Crippen LogP contribution in [0.15, 0.2) is 12.1 Å². The lowest BCUT2D eigenvalue weighted by atomic mass is 10.2. The topological polar surface area (TPSA) is 51.6 Å². The maximum Gasteiger partial charge on any atom is 0.209 e. The van der Waals surface area contributed by atoms with Crippen molar-refractivity contribution < 1.29 is 13.2 Å². The number of hydrogen-bond donors (Lipinski definition) is 0. The molecule has 0 radical (unpaired) electrons. The third kappa shape index (κ3) is 1.83. The summed E-state index contributed by atoms with van der Waals surface area (Å²) in [6.45, 7) is 1.53. The van der Waals surface area contributed by atoms with E-state index in [1.165, 1.54) is 6.92 Å². The summed E-state index contributed by atoms with van der Waals surface area (Å²) in [5.41, 5.74) is -0.540. The van der Waals surface area contributed by atoms with Crippen molar-refractivity contribution >= 4 is 0 Å². The van der Waals surface area contributed by atoms with E-state index in [4.69, 9.17) is 0 Å². The van der Waals surface area contributed by atoms with Gasteiger partial charge in [-0.2, -0.15) is 0 Å². The molecule has 0 atom stereocenters. The first-order valence-electron chi connectivity index (χ1n) is 4.27. The van der Waals surface area contributed by atoms with Crippen LogP contribution in [-0.4, -0.2) is 20.4 Å². The third-order valence-corrected chi connectivity index (χ3v) is 1.81. The van der Waals surface area contributed by atoms with Crippen LogP contribution in [0.4, 0.5) is 13.2 Å². The van der Waals surface area contributed by atoms with Crippen LogP contribution in [0.25, 0.3) is 11.4 Å². The average molecular weight is 226 g/mol. The van der Waals surface area contributed by atoms with Crippen LogP contribution in [0.5, 0.6) is 0 Å². The summed E-state index contributed by atoms with van der Waals surface area (Å²) in [4.78, 5) is 0. The molecule has 7 heteroatoms. The quantitative estimate of drug-likeness (QED) is 0.742. The second-order valence-electron chi connectivity index (χ2n) is 3.02. The van der Waals surface area contributed by atoms with Crippen LogP contribution in [0.1, 0.15) is 5.82 Å². The summed E-state index contributed by atoms with van der Waals surface area (Å²) in [6.07, 6.45) is 0. The van der Waals surface area contributed by atoms with Gasteiger partial charge in [-0.1, -0.05) is 0 Å². The van der Waals surface area contributed by atoms with Gasteiger partial charge in [-0.25, -0.2) is 13.2 Å². The van der Waals surface area contributed by atoms with Crippen molar-refractivity contribution in [3.05, 3.63) is 35.4 Å². The lowest BCUT2D eigenvalue weighted by Gasteiger charge is -2.02. The largest absolute Gasteiger partial charge is 0.209 e. The highest BCUT2D eigenvalue weighted by Crippen LogP contribution is 2.22. The Bertz CT molecular complexity index is 504. The minimum absolute atomic E-state index is 0.270. The fourth-order valence-corrected chi connectivity index (χ4v) is 1.14. The molecule has 0 fully saturated rings. The lowest BCUT2D eigenvalue weighted by Crippen LogP contribution is -2.02. The smallest absolute Gasteiger partial charge is 0.207 e. The maximum atomic E-state index is 13.3. The zero-order chi connectivity index (χ0) is 11.7. The molecule has 82 valence electrons. The molecule has 2 rings (SSSR count). The molecule has 0 unspecified atom stereocenters.